The second kappa shape index (κ2) is 6.75. The molecule has 0 aromatic heterocycles. The molecule has 14 heavy (non-hydrogen) atoms. The van der Waals surface area contributed by atoms with Crippen molar-refractivity contribution in [2.24, 2.45) is 17.1 Å². The summed E-state index contributed by atoms with van der Waals surface area (Å²) in [6, 6.07) is 0. The van der Waals surface area contributed by atoms with E-state index in [1.54, 1.807) is 7.11 Å². The Balaban J connectivity index is 0. The Kier molecular flexibility index (Phi) is 7.62. The largest absolute Gasteiger partial charge is 0.481 e. The number of hydrogen-bond donors (Lipinski definition) is 3. The average molecular weight is 206 g/mol. The van der Waals surface area contributed by atoms with Gasteiger partial charge in [0.1, 0.15) is 0 Å². The minimum absolute atomic E-state index is 0. The van der Waals surface area contributed by atoms with Gasteiger partial charge in [-0.25, -0.2) is 0 Å². The van der Waals surface area contributed by atoms with Crippen molar-refractivity contribution in [2.75, 3.05) is 20.3 Å². The second-order valence-corrected chi connectivity index (χ2v) is 3.89. The summed E-state index contributed by atoms with van der Waals surface area (Å²) >= 11 is 0. The highest BCUT2D eigenvalue weighted by atomic mass is 16.5. The zero-order valence-electron chi connectivity index (χ0n) is 9.25. The van der Waals surface area contributed by atoms with Crippen LogP contribution < -0.4 is 11.9 Å². The van der Waals surface area contributed by atoms with Gasteiger partial charge in [0.25, 0.3) is 0 Å². The average Bonchev–Trinajstić information content (AvgIpc) is 1.99. The number of methoxy groups -OCH3 is 1. The van der Waals surface area contributed by atoms with Gasteiger partial charge in [-0.1, -0.05) is 13.8 Å². The number of carbonyl (C=O) groups is 1. The molecular formula is C9H22N2O3. The Bertz CT molecular complexity index is 171. The lowest BCUT2D eigenvalue weighted by Crippen LogP contribution is -2.36. The fourth-order valence-corrected chi connectivity index (χ4v) is 1.49. The molecule has 1 atom stereocenters. The molecule has 0 saturated heterocycles. The standard InChI is InChI=1S/C9H19NO3.H3N/c1-9(2,6-13-3)7(4-5-10)8(11)12;/h7H,4-6,10H2,1-3H3,(H,11,12);1H3. The van der Waals surface area contributed by atoms with Crippen LogP contribution in [0.5, 0.6) is 0 Å². The second-order valence-electron chi connectivity index (χ2n) is 3.89. The third-order valence-electron chi connectivity index (χ3n) is 2.21. The van der Waals surface area contributed by atoms with Crippen molar-refractivity contribution in [3.63, 3.8) is 0 Å². The number of carboxylic acids is 1. The van der Waals surface area contributed by atoms with Crippen LogP contribution in [0, 0.1) is 11.3 Å². The number of rotatable bonds is 6. The quantitative estimate of drug-likeness (QED) is 0.597. The molecule has 0 heterocycles. The van der Waals surface area contributed by atoms with E-state index in [9.17, 15) is 4.79 Å². The molecule has 0 aliphatic carbocycles. The van der Waals surface area contributed by atoms with E-state index in [-0.39, 0.29) is 11.6 Å². The highest BCUT2D eigenvalue weighted by molar-refractivity contribution is 5.71. The monoisotopic (exact) mass is 206 g/mol. The molecule has 0 aromatic rings. The fourth-order valence-electron chi connectivity index (χ4n) is 1.49. The number of ether oxygens (including phenoxy) is 1. The van der Waals surface area contributed by atoms with Crippen LogP contribution in [0.4, 0.5) is 0 Å². The molecule has 6 N–H and O–H groups in total. The van der Waals surface area contributed by atoms with Crippen molar-refractivity contribution in [3.05, 3.63) is 0 Å². The zero-order chi connectivity index (χ0) is 10.5. The van der Waals surface area contributed by atoms with E-state index in [0.717, 1.165) is 0 Å². The number of aliphatic carboxylic acids is 1. The van der Waals surface area contributed by atoms with Gasteiger partial charge in [0.2, 0.25) is 0 Å². The lowest BCUT2D eigenvalue weighted by atomic mass is 9.77. The van der Waals surface area contributed by atoms with Crippen LogP contribution >= 0.6 is 0 Å². The molecule has 0 radical (unpaired) electrons. The summed E-state index contributed by atoms with van der Waals surface area (Å²) in [6.45, 7) is 4.59. The maximum atomic E-state index is 10.9. The van der Waals surface area contributed by atoms with Crippen molar-refractivity contribution >= 4 is 5.97 Å². The highest BCUT2D eigenvalue weighted by Crippen LogP contribution is 2.29. The normalized spacial score (nSPS) is 13.1. The third-order valence-corrected chi connectivity index (χ3v) is 2.21. The Morgan fingerprint density at radius 1 is 1.57 bits per heavy atom. The first kappa shape index (κ1) is 15.8. The Morgan fingerprint density at radius 3 is 2.36 bits per heavy atom. The summed E-state index contributed by atoms with van der Waals surface area (Å²) in [5, 5.41) is 8.96. The SMILES string of the molecule is COCC(C)(C)C(CCN)C(=O)O.N. The van der Waals surface area contributed by atoms with Gasteiger partial charge in [-0.05, 0) is 13.0 Å². The fraction of sp³-hybridized carbons (Fsp3) is 0.889. The molecule has 0 bridgehead atoms. The van der Waals surface area contributed by atoms with E-state index in [0.29, 0.717) is 19.6 Å². The van der Waals surface area contributed by atoms with Crippen molar-refractivity contribution in [1.82, 2.24) is 6.15 Å². The summed E-state index contributed by atoms with van der Waals surface area (Å²) < 4.78 is 4.98. The van der Waals surface area contributed by atoms with E-state index < -0.39 is 11.9 Å². The van der Waals surface area contributed by atoms with Crippen molar-refractivity contribution in [3.8, 4) is 0 Å². The molecule has 0 fully saturated rings. The zero-order valence-corrected chi connectivity index (χ0v) is 9.25. The molecule has 0 aromatic carbocycles. The Labute approximate surface area is 85.2 Å². The molecule has 0 aliphatic heterocycles. The maximum absolute atomic E-state index is 10.9. The molecule has 1 unspecified atom stereocenters. The van der Waals surface area contributed by atoms with Gasteiger partial charge >= 0.3 is 5.97 Å². The smallest absolute Gasteiger partial charge is 0.307 e. The van der Waals surface area contributed by atoms with Gasteiger partial charge in [0, 0.05) is 12.5 Å². The molecule has 0 amide bonds. The summed E-state index contributed by atoms with van der Waals surface area (Å²) in [7, 11) is 1.57. The van der Waals surface area contributed by atoms with Crippen molar-refractivity contribution < 1.29 is 14.6 Å². The van der Waals surface area contributed by atoms with Crippen LogP contribution in [-0.2, 0) is 9.53 Å². The summed E-state index contributed by atoms with van der Waals surface area (Å²) in [5.41, 5.74) is 4.99. The topological polar surface area (TPSA) is 108 Å². The first-order valence-electron chi connectivity index (χ1n) is 4.37. The van der Waals surface area contributed by atoms with E-state index in [1.165, 1.54) is 0 Å². The number of hydrogen-bond acceptors (Lipinski definition) is 4. The van der Waals surface area contributed by atoms with Gasteiger partial charge < -0.3 is 21.7 Å². The molecule has 0 aliphatic rings. The summed E-state index contributed by atoms with van der Waals surface area (Å²) in [6.07, 6.45) is 0.492. The van der Waals surface area contributed by atoms with Crippen LogP contribution in [0.2, 0.25) is 0 Å². The first-order chi connectivity index (χ1) is 5.95. The van der Waals surface area contributed by atoms with Crippen molar-refractivity contribution in [1.29, 1.82) is 0 Å². The van der Waals surface area contributed by atoms with E-state index >= 15 is 0 Å². The molecule has 0 spiro atoms. The van der Waals surface area contributed by atoms with Crippen molar-refractivity contribution in [2.45, 2.75) is 20.3 Å². The summed E-state index contributed by atoms with van der Waals surface area (Å²) in [4.78, 5) is 10.9. The van der Waals surface area contributed by atoms with E-state index in [2.05, 4.69) is 0 Å². The Morgan fingerprint density at radius 2 is 2.07 bits per heavy atom. The maximum Gasteiger partial charge on any atom is 0.307 e. The summed E-state index contributed by atoms with van der Waals surface area (Å²) in [5.74, 6) is -1.23. The van der Waals surface area contributed by atoms with Gasteiger partial charge in [-0.2, -0.15) is 0 Å². The van der Waals surface area contributed by atoms with E-state index in [1.807, 2.05) is 13.8 Å². The van der Waals surface area contributed by atoms with Gasteiger partial charge in [0.05, 0.1) is 12.5 Å². The van der Waals surface area contributed by atoms with Crippen LogP contribution in [0.25, 0.3) is 0 Å². The van der Waals surface area contributed by atoms with Gasteiger partial charge in [-0.3, -0.25) is 4.79 Å². The van der Waals surface area contributed by atoms with Crippen LogP contribution in [0.3, 0.4) is 0 Å². The highest BCUT2D eigenvalue weighted by Gasteiger charge is 2.34. The first-order valence-corrected chi connectivity index (χ1v) is 4.37. The number of carboxylic acid groups (broad SMARTS) is 1. The Hall–Kier alpha value is -0.650. The molecule has 0 rings (SSSR count). The molecular weight excluding hydrogens is 184 g/mol. The van der Waals surface area contributed by atoms with Crippen LogP contribution in [0.15, 0.2) is 0 Å². The van der Waals surface area contributed by atoms with Crippen LogP contribution in [0.1, 0.15) is 20.3 Å². The van der Waals surface area contributed by atoms with Gasteiger partial charge in [-0.15, -0.1) is 0 Å². The lowest BCUT2D eigenvalue weighted by molar-refractivity contribution is -0.147. The predicted molar refractivity (Wildman–Crippen MR) is 55.5 cm³/mol. The molecule has 0 saturated carbocycles. The van der Waals surface area contributed by atoms with Gasteiger partial charge in [0.15, 0.2) is 0 Å². The minimum Gasteiger partial charge on any atom is -0.481 e. The van der Waals surface area contributed by atoms with Crippen LogP contribution in [-0.4, -0.2) is 31.3 Å². The molecule has 5 nitrogen and oxygen atoms in total. The molecule has 86 valence electrons. The number of nitrogens with two attached hydrogens (primary N) is 1. The minimum atomic E-state index is -0.799. The lowest BCUT2D eigenvalue weighted by Gasteiger charge is -2.30. The molecule has 5 heteroatoms. The van der Waals surface area contributed by atoms with E-state index in [4.69, 9.17) is 15.6 Å². The predicted octanol–water partition coefficient (Wildman–Crippen LogP) is 0.871. The third kappa shape index (κ3) is 4.55.